The van der Waals surface area contributed by atoms with Gasteiger partial charge in [-0.25, -0.2) is 0 Å². The van der Waals surface area contributed by atoms with Crippen LogP contribution < -0.4 is 5.32 Å². The number of amides is 1. The van der Waals surface area contributed by atoms with E-state index < -0.39 is 0 Å². The molecule has 0 saturated carbocycles. The van der Waals surface area contributed by atoms with E-state index in [0.29, 0.717) is 12.2 Å². The van der Waals surface area contributed by atoms with Gasteiger partial charge in [-0.15, -0.1) is 11.3 Å². The number of benzene rings is 1. The van der Waals surface area contributed by atoms with Crippen LogP contribution in [0, 0.1) is 0 Å². The van der Waals surface area contributed by atoms with Crippen LogP contribution in [0.25, 0.3) is 10.2 Å². The summed E-state index contributed by atoms with van der Waals surface area (Å²) in [6, 6.07) is 14.0. The molecule has 0 spiro atoms. The monoisotopic (exact) mass is 332 g/mol. The molecule has 2 heterocycles. The maximum atomic E-state index is 12.4. The Morgan fingerprint density at radius 1 is 1.32 bits per heavy atom. The van der Waals surface area contributed by atoms with Crippen molar-refractivity contribution in [2.45, 2.75) is 12.8 Å². The molecule has 0 unspecified atom stereocenters. The van der Waals surface area contributed by atoms with Gasteiger partial charge in [0.1, 0.15) is 5.69 Å². The van der Waals surface area contributed by atoms with Crippen LogP contribution in [-0.2, 0) is 7.05 Å². The van der Waals surface area contributed by atoms with Crippen LogP contribution >= 0.6 is 22.9 Å². The second-order valence-corrected chi connectivity index (χ2v) is 7.13. The number of nitrogens with zero attached hydrogens (tertiary/aromatic N) is 1. The predicted octanol–water partition coefficient (Wildman–Crippen LogP) is 4.43. The molecular formula is C17H17ClN2OS. The molecule has 0 aliphatic rings. The number of thiophene rings is 1. The highest BCUT2D eigenvalue weighted by Crippen LogP contribution is 2.31. The summed E-state index contributed by atoms with van der Waals surface area (Å²) in [5, 5.41) is 3.02. The molecule has 0 bridgehead atoms. The lowest BCUT2D eigenvalue weighted by Crippen LogP contribution is -2.28. The number of rotatable bonds is 4. The van der Waals surface area contributed by atoms with Crippen molar-refractivity contribution < 1.29 is 4.79 Å². The molecular weight excluding hydrogens is 316 g/mol. The first-order valence-electron chi connectivity index (χ1n) is 7.14. The summed E-state index contributed by atoms with van der Waals surface area (Å²) in [5.41, 5.74) is 2.89. The number of aryl methyl sites for hydroxylation is 1. The van der Waals surface area contributed by atoms with Crippen molar-refractivity contribution in [1.29, 1.82) is 0 Å². The van der Waals surface area contributed by atoms with E-state index in [-0.39, 0.29) is 11.8 Å². The summed E-state index contributed by atoms with van der Waals surface area (Å²) in [7, 11) is 1.89. The Labute approximate surface area is 138 Å². The second kappa shape index (κ2) is 6.15. The molecule has 1 aromatic carbocycles. The minimum Gasteiger partial charge on any atom is -0.350 e. The average molecular weight is 333 g/mol. The zero-order valence-electron chi connectivity index (χ0n) is 12.5. The first kappa shape index (κ1) is 15.1. The molecule has 0 saturated heterocycles. The highest BCUT2D eigenvalue weighted by Gasteiger charge is 2.16. The van der Waals surface area contributed by atoms with Gasteiger partial charge in [0, 0.05) is 13.6 Å². The van der Waals surface area contributed by atoms with Gasteiger partial charge in [-0.2, -0.15) is 0 Å². The Balaban J connectivity index is 1.71. The molecule has 0 radical (unpaired) electrons. The van der Waals surface area contributed by atoms with Gasteiger partial charge >= 0.3 is 0 Å². The molecule has 3 nitrogen and oxygen atoms in total. The van der Waals surface area contributed by atoms with Crippen LogP contribution in [0.2, 0.25) is 4.34 Å². The van der Waals surface area contributed by atoms with Gasteiger partial charge in [-0.3, -0.25) is 4.79 Å². The summed E-state index contributed by atoms with van der Waals surface area (Å²) in [6.45, 7) is 2.72. The number of carbonyl (C=O) groups is 1. The van der Waals surface area contributed by atoms with E-state index >= 15 is 0 Å². The number of halogens is 1. The smallest absolute Gasteiger partial charge is 0.267 e. The molecule has 2 aromatic heterocycles. The fraction of sp³-hybridized carbons (Fsp3) is 0.235. The Bertz CT molecular complexity index is 807. The van der Waals surface area contributed by atoms with Gasteiger partial charge in [0.15, 0.2) is 0 Å². The molecule has 22 heavy (non-hydrogen) atoms. The quantitative estimate of drug-likeness (QED) is 0.753. The molecule has 5 heteroatoms. The first-order valence-corrected chi connectivity index (χ1v) is 8.33. The van der Waals surface area contributed by atoms with E-state index in [1.165, 1.54) is 16.9 Å². The summed E-state index contributed by atoms with van der Waals surface area (Å²) in [5.74, 6) is 0.228. The van der Waals surface area contributed by atoms with Crippen LogP contribution in [0.15, 0.2) is 42.5 Å². The van der Waals surface area contributed by atoms with Gasteiger partial charge in [0.2, 0.25) is 0 Å². The summed E-state index contributed by atoms with van der Waals surface area (Å²) >= 11 is 7.49. The molecule has 0 fully saturated rings. The Kier molecular flexibility index (Phi) is 4.23. The van der Waals surface area contributed by atoms with Gasteiger partial charge < -0.3 is 9.88 Å². The molecule has 3 rings (SSSR count). The van der Waals surface area contributed by atoms with E-state index in [2.05, 4.69) is 24.4 Å². The van der Waals surface area contributed by atoms with E-state index in [4.69, 9.17) is 11.6 Å². The largest absolute Gasteiger partial charge is 0.350 e. The van der Waals surface area contributed by atoms with E-state index in [9.17, 15) is 4.79 Å². The summed E-state index contributed by atoms with van der Waals surface area (Å²) < 4.78 is 3.67. The van der Waals surface area contributed by atoms with Gasteiger partial charge in [0.05, 0.1) is 14.6 Å². The molecule has 0 aliphatic carbocycles. The van der Waals surface area contributed by atoms with E-state index in [1.807, 2.05) is 41.9 Å². The van der Waals surface area contributed by atoms with Gasteiger partial charge in [-0.1, -0.05) is 48.9 Å². The van der Waals surface area contributed by atoms with Gasteiger partial charge in [0.25, 0.3) is 5.91 Å². The van der Waals surface area contributed by atoms with Crippen LogP contribution in [-0.4, -0.2) is 17.0 Å². The van der Waals surface area contributed by atoms with Crippen LogP contribution in [0.1, 0.15) is 28.9 Å². The lowest BCUT2D eigenvalue weighted by atomic mass is 10.0. The molecule has 3 aromatic rings. The fourth-order valence-corrected chi connectivity index (χ4v) is 3.74. The minimum absolute atomic E-state index is 0.0511. The fourth-order valence-electron chi connectivity index (χ4n) is 2.54. The van der Waals surface area contributed by atoms with Crippen molar-refractivity contribution in [3.63, 3.8) is 0 Å². The van der Waals surface area contributed by atoms with Crippen molar-refractivity contribution in [1.82, 2.24) is 9.88 Å². The zero-order valence-corrected chi connectivity index (χ0v) is 14.0. The highest BCUT2D eigenvalue weighted by atomic mass is 35.5. The number of carbonyl (C=O) groups excluding carboxylic acids is 1. The number of hydrogen-bond donors (Lipinski definition) is 1. The molecule has 114 valence electrons. The summed E-state index contributed by atoms with van der Waals surface area (Å²) in [6.07, 6.45) is 0. The number of hydrogen-bond acceptors (Lipinski definition) is 2. The maximum absolute atomic E-state index is 12.4. The van der Waals surface area contributed by atoms with Crippen LogP contribution in [0.3, 0.4) is 0 Å². The van der Waals surface area contributed by atoms with Crippen molar-refractivity contribution in [2.24, 2.45) is 7.05 Å². The maximum Gasteiger partial charge on any atom is 0.267 e. The van der Waals surface area contributed by atoms with Crippen LogP contribution in [0.4, 0.5) is 0 Å². The number of aromatic nitrogens is 1. The van der Waals surface area contributed by atoms with Gasteiger partial charge in [-0.05, 0) is 23.6 Å². The normalized spacial score (nSPS) is 12.5. The predicted molar refractivity (Wildman–Crippen MR) is 93.0 cm³/mol. The first-order chi connectivity index (χ1) is 10.6. The van der Waals surface area contributed by atoms with Crippen molar-refractivity contribution in [3.05, 3.63) is 58.1 Å². The van der Waals surface area contributed by atoms with E-state index in [1.54, 1.807) is 0 Å². The summed E-state index contributed by atoms with van der Waals surface area (Å²) in [4.78, 5) is 12.4. The van der Waals surface area contributed by atoms with Crippen molar-refractivity contribution >= 4 is 39.1 Å². The third-order valence-corrected chi connectivity index (χ3v) is 5.07. The molecule has 1 N–H and O–H groups in total. The standard InChI is InChI=1S/C17H17ClN2OS/c1-11(12-6-4-3-5-7-12)10-19-17(21)14-8-15-13(20(14)2)9-16(18)22-15/h3-9,11H,10H2,1-2H3,(H,19,21)/t11-/m1/s1. The topological polar surface area (TPSA) is 34.0 Å². The number of fused-ring (bicyclic) bond motifs is 1. The van der Waals surface area contributed by atoms with E-state index in [0.717, 1.165) is 14.6 Å². The lowest BCUT2D eigenvalue weighted by molar-refractivity contribution is 0.0944. The second-order valence-electron chi connectivity index (χ2n) is 5.41. The third-order valence-electron chi connectivity index (χ3n) is 3.87. The Hall–Kier alpha value is -1.78. The Morgan fingerprint density at radius 2 is 2.05 bits per heavy atom. The molecule has 1 amide bonds. The average Bonchev–Trinajstić information content (AvgIpc) is 3.03. The highest BCUT2D eigenvalue weighted by molar-refractivity contribution is 7.22. The van der Waals surface area contributed by atoms with Crippen LogP contribution in [0.5, 0.6) is 0 Å². The SMILES string of the molecule is C[C@H](CNC(=O)c1cc2sc(Cl)cc2n1C)c1ccccc1. The van der Waals surface area contributed by atoms with Crippen molar-refractivity contribution in [2.75, 3.05) is 6.54 Å². The van der Waals surface area contributed by atoms with Crippen molar-refractivity contribution in [3.8, 4) is 0 Å². The third kappa shape index (κ3) is 2.89. The molecule has 1 atom stereocenters. The number of nitrogens with one attached hydrogen (secondary N) is 1. The zero-order chi connectivity index (χ0) is 15.7. The minimum atomic E-state index is -0.0511. The Morgan fingerprint density at radius 3 is 2.73 bits per heavy atom. The lowest BCUT2D eigenvalue weighted by Gasteiger charge is -2.13. The molecule has 0 aliphatic heterocycles.